The molecule has 1 atom stereocenters. The molecule has 26 heavy (non-hydrogen) atoms. The molecule has 1 aliphatic heterocycles. The predicted octanol–water partition coefficient (Wildman–Crippen LogP) is 4.73. The van der Waals surface area contributed by atoms with Crippen molar-refractivity contribution in [3.8, 4) is 5.75 Å². The van der Waals surface area contributed by atoms with Crippen LogP contribution < -0.4 is 10.1 Å². The Bertz CT molecular complexity index is 750. The van der Waals surface area contributed by atoms with Crippen molar-refractivity contribution in [2.24, 2.45) is 0 Å². The highest BCUT2D eigenvalue weighted by Gasteiger charge is 2.21. The summed E-state index contributed by atoms with van der Waals surface area (Å²) >= 11 is 11.8. The first kappa shape index (κ1) is 19.0. The lowest BCUT2D eigenvalue weighted by Crippen LogP contribution is -2.39. The number of anilines is 1. The first-order chi connectivity index (χ1) is 12.6. The van der Waals surface area contributed by atoms with Gasteiger partial charge in [-0.3, -0.25) is 0 Å². The average Bonchev–Trinajstić information content (AvgIpc) is 3.14. The van der Waals surface area contributed by atoms with Gasteiger partial charge in [0.2, 0.25) is 0 Å². The van der Waals surface area contributed by atoms with E-state index >= 15 is 0 Å². The van der Waals surface area contributed by atoms with Crippen molar-refractivity contribution in [1.82, 2.24) is 4.90 Å². The number of ether oxygens (including phenoxy) is 2. The Morgan fingerprint density at radius 1 is 1.31 bits per heavy atom. The molecule has 1 unspecified atom stereocenters. The number of thiocarbonyl (C=S) groups is 1. The molecule has 1 fully saturated rings. The molecular weight excluding hydrogens is 368 g/mol. The summed E-state index contributed by atoms with van der Waals surface area (Å²) in [5.74, 6) is 0.790. The fourth-order valence-corrected chi connectivity index (χ4v) is 3.48. The van der Waals surface area contributed by atoms with E-state index in [-0.39, 0.29) is 6.10 Å². The first-order valence-corrected chi connectivity index (χ1v) is 9.48. The highest BCUT2D eigenvalue weighted by Crippen LogP contribution is 2.20. The third-order valence-electron chi connectivity index (χ3n) is 4.32. The van der Waals surface area contributed by atoms with Crippen LogP contribution in [0.5, 0.6) is 5.75 Å². The maximum Gasteiger partial charge on any atom is 0.173 e. The van der Waals surface area contributed by atoms with Gasteiger partial charge in [0.15, 0.2) is 5.11 Å². The maximum atomic E-state index is 6.14. The largest absolute Gasteiger partial charge is 0.497 e. The fraction of sp³-hybridized carbons (Fsp3) is 0.350. The molecule has 0 spiro atoms. The van der Waals surface area contributed by atoms with Crippen LogP contribution in [0.3, 0.4) is 0 Å². The second-order valence-electron chi connectivity index (χ2n) is 6.31. The highest BCUT2D eigenvalue weighted by atomic mass is 35.5. The second kappa shape index (κ2) is 9.21. The molecule has 138 valence electrons. The minimum Gasteiger partial charge on any atom is -0.497 e. The molecule has 0 saturated carbocycles. The summed E-state index contributed by atoms with van der Waals surface area (Å²) in [6, 6.07) is 15.6. The summed E-state index contributed by atoms with van der Waals surface area (Å²) in [5, 5.41) is 4.70. The minimum absolute atomic E-state index is 0.208. The summed E-state index contributed by atoms with van der Waals surface area (Å²) in [4.78, 5) is 2.14. The molecule has 0 aliphatic carbocycles. The van der Waals surface area contributed by atoms with Crippen LogP contribution in [0.25, 0.3) is 0 Å². The molecule has 2 aromatic rings. The van der Waals surface area contributed by atoms with Gasteiger partial charge in [0.05, 0.1) is 13.2 Å². The van der Waals surface area contributed by atoms with Crippen molar-refractivity contribution in [3.05, 3.63) is 59.1 Å². The number of hydrogen-bond donors (Lipinski definition) is 1. The Morgan fingerprint density at radius 2 is 2.15 bits per heavy atom. The first-order valence-electron chi connectivity index (χ1n) is 8.70. The van der Waals surface area contributed by atoms with E-state index in [4.69, 9.17) is 33.3 Å². The van der Waals surface area contributed by atoms with E-state index in [1.54, 1.807) is 7.11 Å². The molecule has 1 saturated heterocycles. The number of hydrogen-bond acceptors (Lipinski definition) is 3. The van der Waals surface area contributed by atoms with Crippen LogP contribution in [-0.4, -0.2) is 36.4 Å². The topological polar surface area (TPSA) is 33.7 Å². The van der Waals surface area contributed by atoms with Gasteiger partial charge in [-0.2, -0.15) is 0 Å². The quantitative estimate of drug-likeness (QED) is 0.721. The molecule has 1 N–H and O–H groups in total. The van der Waals surface area contributed by atoms with Crippen molar-refractivity contribution in [3.63, 3.8) is 0 Å². The summed E-state index contributed by atoms with van der Waals surface area (Å²) in [6.07, 6.45) is 2.37. The van der Waals surface area contributed by atoms with Crippen molar-refractivity contribution in [1.29, 1.82) is 0 Å². The molecule has 1 aliphatic rings. The van der Waals surface area contributed by atoms with Gasteiger partial charge >= 0.3 is 0 Å². The molecule has 0 aromatic heterocycles. The van der Waals surface area contributed by atoms with E-state index in [0.717, 1.165) is 48.0 Å². The molecule has 0 amide bonds. The minimum atomic E-state index is 0.208. The molecule has 0 bridgehead atoms. The third kappa shape index (κ3) is 5.34. The summed E-state index contributed by atoms with van der Waals surface area (Å²) < 4.78 is 11.1. The van der Waals surface area contributed by atoms with Crippen LogP contribution >= 0.6 is 23.8 Å². The number of nitrogens with one attached hydrogen (secondary N) is 1. The van der Waals surface area contributed by atoms with E-state index in [2.05, 4.69) is 16.3 Å². The lowest BCUT2D eigenvalue weighted by atomic mass is 10.2. The van der Waals surface area contributed by atoms with Gasteiger partial charge in [0.25, 0.3) is 0 Å². The molecular formula is C20H23ClN2O2S. The molecule has 1 heterocycles. The van der Waals surface area contributed by atoms with Gasteiger partial charge in [-0.25, -0.2) is 0 Å². The Balaban J connectivity index is 1.73. The van der Waals surface area contributed by atoms with Gasteiger partial charge in [-0.15, -0.1) is 0 Å². The number of rotatable bonds is 6. The van der Waals surface area contributed by atoms with Crippen LogP contribution in [0.2, 0.25) is 5.02 Å². The zero-order chi connectivity index (χ0) is 18.4. The number of halogens is 1. The zero-order valence-corrected chi connectivity index (χ0v) is 16.4. The maximum absolute atomic E-state index is 6.14. The lowest BCUT2D eigenvalue weighted by Gasteiger charge is -2.28. The van der Waals surface area contributed by atoms with Gasteiger partial charge in [-0.1, -0.05) is 29.8 Å². The van der Waals surface area contributed by atoms with Crippen LogP contribution in [0, 0.1) is 0 Å². The fourth-order valence-electron chi connectivity index (χ4n) is 3.01. The molecule has 4 nitrogen and oxygen atoms in total. The second-order valence-corrected chi connectivity index (χ2v) is 7.13. The average molecular weight is 391 g/mol. The Kier molecular flexibility index (Phi) is 6.72. The van der Waals surface area contributed by atoms with Crippen LogP contribution in [0.15, 0.2) is 48.5 Å². The molecule has 2 aromatic carbocycles. The van der Waals surface area contributed by atoms with Gasteiger partial charge in [0.1, 0.15) is 5.75 Å². The molecule has 3 rings (SSSR count). The number of benzene rings is 2. The van der Waals surface area contributed by atoms with Gasteiger partial charge < -0.3 is 19.7 Å². The SMILES string of the molecule is COc1cccc(NC(=S)N(Cc2cccc(Cl)c2)CC2CCCO2)c1. The van der Waals surface area contributed by atoms with E-state index in [0.29, 0.717) is 11.7 Å². The van der Waals surface area contributed by atoms with E-state index in [1.165, 1.54) is 0 Å². The van der Waals surface area contributed by atoms with Crippen molar-refractivity contribution < 1.29 is 9.47 Å². The predicted molar refractivity (Wildman–Crippen MR) is 110 cm³/mol. The summed E-state index contributed by atoms with van der Waals surface area (Å²) in [6.45, 7) is 2.25. The summed E-state index contributed by atoms with van der Waals surface area (Å²) in [5.41, 5.74) is 2.02. The Hall–Kier alpha value is -1.82. The van der Waals surface area contributed by atoms with E-state index in [1.807, 2.05) is 42.5 Å². The van der Waals surface area contributed by atoms with Crippen molar-refractivity contribution >= 4 is 34.6 Å². The number of nitrogens with zero attached hydrogens (tertiary/aromatic N) is 1. The normalized spacial score (nSPS) is 16.3. The Morgan fingerprint density at radius 3 is 2.88 bits per heavy atom. The van der Waals surface area contributed by atoms with Crippen molar-refractivity contribution in [2.45, 2.75) is 25.5 Å². The monoisotopic (exact) mass is 390 g/mol. The van der Waals surface area contributed by atoms with Gasteiger partial charge in [0, 0.05) is 36.5 Å². The highest BCUT2D eigenvalue weighted by molar-refractivity contribution is 7.80. The van der Waals surface area contributed by atoms with E-state index in [9.17, 15) is 0 Å². The zero-order valence-electron chi connectivity index (χ0n) is 14.8. The van der Waals surface area contributed by atoms with Crippen LogP contribution in [0.1, 0.15) is 18.4 Å². The summed E-state index contributed by atoms with van der Waals surface area (Å²) in [7, 11) is 1.65. The van der Waals surface area contributed by atoms with Gasteiger partial charge in [-0.05, 0) is 54.9 Å². The van der Waals surface area contributed by atoms with Crippen LogP contribution in [-0.2, 0) is 11.3 Å². The lowest BCUT2D eigenvalue weighted by molar-refractivity contribution is 0.0905. The smallest absolute Gasteiger partial charge is 0.173 e. The molecule has 6 heteroatoms. The molecule has 0 radical (unpaired) electrons. The Labute approximate surface area is 165 Å². The standard InChI is InChI=1S/C20H23ClN2O2S/c1-24-18-8-3-7-17(12-18)22-20(26)23(14-19-9-4-10-25-19)13-15-5-2-6-16(21)11-15/h2-3,5-8,11-12,19H,4,9-10,13-14H2,1H3,(H,22,26). The number of methoxy groups -OCH3 is 1. The van der Waals surface area contributed by atoms with Crippen molar-refractivity contribution in [2.75, 3.05) is 25.6 Å². The van der Waals surface area contributed by atoms with E-state index < -0.39 is 0 Å². The third-order valence-corrected chi connectivity index (χ3v) is 4.91. The van der Waals surface area contributed by atoms with Crippen LogP contribution in [0.4, 0.5) is 5.69 Å².